The minimum Gasteiger partial charge on any atom is -0.389 e. The molecule has 0 unspecified atom stereocenters. The summed E-state index contributed by atoms with van der Waals surface area (Å²) in [7, 11) is 0. The van der Waals surface area contributed by atoms with Crippen LogP contribution in [0.2, 0.25) is 0 Å². The first-order valence-corrected chi connectivity index (χ1v) is 8.06. The largest absolute Gasteiger partial charge is 0.389 e. The summed E-state index contributed by atoms with van der Waals surface area (Å²) < 4.78 is 5.54. The second kappa shape index (κ2) is 9.93. The van der Waals surface area contributed by atoms with Crippen LogP contribution >= 0.6 is 0 Å². The lowest BCUT2D eigenvalue weighted by atomic mass is 10.1. The van der Waals surface area contributed by atoms with E-state index in [1.807, 2.05) is 6.07 Å². The zero-order valence-electron chi connectivity index (χ0n) is 14.0. The molecule has 3 heteroatoms. The Morgan fingerprint density at radius 3 is 2.33 bits per heavy atom. The van der Waals surface area contributed by atoms with Crippen molar-refractivity contribution in [3.8, 4) is 0 Å². The van der Waals surface area contributed by atoms with E-state index in [9.17, 15) is 5.11 Å². The lowest BCUT2D eigenvalue weighted by molar-refractivity contribution is 0.000123. The second-order valence-corrected chi connectivity index (χ2v) is 6.26. The summed E-state index contributed by atoms with van der Waals surface area (Å²) in [5.74, 6) is 0.507. The Hall–Kier alpha value is -0.900. The molecule has 120 valence electrons. The quantitative estimate of drug-likeness (QED) is 0.718. The fraction of sp³-hybridized carbons (Fsp3) is 0.667. The molecular weight excluding hydrogens is 262 g/mol. The standard InChI is InChI=1S/C18H31NO2/c1-5-16(4)19(11-17-9-7-6-8-10-17)12-18(20)14-21-13-15(2)3/h6-10,15-16,18,20H,5,11-14H2,1-4H3/t16-,18-/m0/s1. The van der Waals surface area contributed by atoms with Crippen LogP contribution in [0.5, 0.6) is 0 Å². The van der Waals surface area contributed by atoms with Crippen molar-refractivity contribution < 1.29 is 9.84 Å². The molecule has 1 rings (SSSR count). The van der Waals surface area contributed by atoms with E-state index >= 15 is 0 Å². The Balaban J connectivity index is 2.49. The molecule has 1 aromatic carbocycles. The van der Waals surface area contributed by atoms with Gasteiger partial charge in [-0.05, 0) is 24.8 Å². The van der Waals surface area contributed by atoms with Gasteiger partial charge >= 0.3 is 0 Å². The van der Waals surface area contributed by atoms with Crippen molar-refractivity contribution in [1.29, 1.82) is 0 Å². The maximum atomic E-state index is 10.2. The molecule has 21 heavy (non-hydrogen) atoms. The van der Waals surface area contributed by atoms with Gasteiger partial charge in [0, 0.05) is 25.7 Å². The molecule has 0 aromatic heterocycles. The molecule has 1 N–H and O–H groups in total. The highest BCUT2D eigenvalue weighted by atomic mass is 16.5. The van der Waals surface area contributed by atoms with Gasteiger partial charge in [-0.15, -0.1) is 0 Å². The first kappa shape index (κ1) is 18.1. The van der Waals surface area contributed by atoms with Crippen molar-refractivity contribution in [3.63, 3.8) is 0 Å². The Kier molecular flexibility index (Phi) is 8.58. The van der Waals surface area contributed by atoms with Crippen molar-refractivity contribution in [2.75, 3.05) is 19.8 Å². The molecule has 0 bridgehead atoms. The van der Waals surface area contributed by atoms with Crippen LogP contribution in [-0.2, 0) is 11.3 Å². The summed E-state index contributed by atoms with van der Waals surface area (Å²) in [6.45, 7) is 11.3. The molecule has 0 aliphatic carbocycles. The molecule has 0 heterocycles. The van der Waals surface area contributed by atoms with Gasteiger partial charge in [0.15, 0.2) is 0 Å². The molecule has 0 aliphatic heterocycles. The monoisotopic (exact) mass is 293 g/mol. The molecular formula is C18H31NO2. The van der Waals surface area contributed by atoms with E-state index in [1.165, 1.54) is 5.56 Å². The molecule has 0 aliphatic rings. The van der Waals surface area contributed by atoms with E-state index in [0.29, 0.717) is 31.7 Å². The first-order chi connectivity index (χ1) is 10.0. The third-order valence-corrected chi connectivity index (χ3v) is 3.65. The third-order valence-electron chi connectivity index (χ3n) is 3.65. The van der Waals surface area contributed by atoms with Gasteiger partial charge < -0.3 is 9.84 Å². The predicted molar refractivity (Wildman–Crippen MR) is 88.3 cm³/mol. The molecule has 1 aromatic rings. The molecule has 0 radical (unpaired) electrons. The number of ether oxygens (including phenoxy) is 1. The van der Waals surface area contributed by atoms with Crippen molar-refractivity contribution in [2.45, 2.75) is 52.8 Å². The number of nitrogens with zero attached hydrogens (tertiary/aromatic N) is 1. The van der Waals surface area contributed by atoms with Crippen LogP contribution in [-0.4, -0.2) is 41.9 Å². The van der Waals surface area contributed by atoms with Crippen LogP contribution in [0.25, 0.3) is 0 Å². The molecule has 0 amide bonds. The van der Waals surface area contributed by atoms with Crippen LogP contribution in [0.4, 0.5) is 0 Å². The molecule has 0 fully saturated rings. The molecule has 0 saturated carbocycles. The van der Waals surface area contributed by atoms with Crippen molar-refractivity contribution in [3.05, 3.63) is 35.9 Å². The minimum atomic E-state index is -0.429. The number of hydrogen-bond donors (Lipinski definition) is 1. The van der Waals surface area contributed by atoms with Crippen LogP contribution in [0, 0.1) is 5.92 Å². The zero-order valence-corrected chi connectivity index (χ0v) is 14.0. The van der Waals surface area contributed by atoms with E-state index in [4.69, 9.17) is 4.74 Å². The average molecular weight is 293 g/mol. The van der Waals surface area contributed by atoms with E-state index in [-0.39, 0.29) is 0 Å². The summed E-state index contributed by atoms with van der Waals surface area (Å²) in [6.07, 6.45) is 0.647. The van der Waals surface area contributed by atoms with Gasteiger partial charge in [-0.1, -0.05) is 51.1 Å². The van der Waals surface area contributed by atoms with Crippen LogP contribution < -0.4 is 0 Å². The summed E-state index contributed by atoms with van der Waals surface area (Å²) in [6, 6.07) is 10.9. The summed E-state index contributed by atoms with van der Waals surface area (Å²) in [5, 5.41) is 10.2. The highest BCUT2D eigenvalue weighted by Gasteiger charge is 2.17. The average Bonchev–Trinajstić information content (AvgIpc) is 2.46. The summed E-state index contributed by atoms with van der Waals surface area (Å²) >= 11 is 0. The number of rotatable bonds is 10. The van der Waals surface area contributed by atoms with Crippen LogP contribution in [0.3, 0.4) is 0 Å². The van der Waals surface area contributed by atoms with Crippen molar-refractivity contribution in [1.82, 2.24) is 4.90 Å². The first-order valence-electron chi connectivity index (χ1n) is 8.06. The van der Waals surface area contributed by atoms with Gasteiger partial charge in [-0.3, -0.25) is 4.90 Å². The van der Waals surface area contributed by atoms with Crippen LogP contribution in [0.1, 0.15) is 39.7 Å². The lowest BCUT2D eigenvalue weighted by Crippen LogP contribution is -2.40. The predicted octanol–water partition coefficient (Wildman–Crippen LogP) is 3.32. The third kappa shape index (κ3) is 7.60. The number of aliphatic hydroxyl groups is 1. The van der Waals surface area contributed by atoms with Gasteiger partial charge in [0.1, 0.15) is 0 Å². The van der Waals surface area contributed by atoms with Gasteiger partial charge in [0.25, 0.3) is 0 Å². The smallest absolute Gasteiger partial charge is 0.0900 e. The van der Waals surface area contributed by atoms with E-state index in [1.54, 1.807) is 0 Å². The number of benzene rings is 1. The molecule has 0 saturated heterocycles. The number of aliphatic hydroxyl groups excluding tert-OH is 1. The highest BCUT2D eigenvalue weighted by Crippen LogP contribution is 2.11. The molecule has 3 nitrogen and oxygen atoms in total. The maximum absolute atomic E-state index is 10.2. The minimum absolute atomic E-state index is 0.417. The fourth-order valence-corrected chi connectivity index (χ4v) is 2.24. The Labute approximate surface area is 129 Å². The Bertz CT molecular complexity index is 367. The van der Waals surface area contributed by atoms with Gasteiger partial charge in [-0.2, -0.15) is 0 Å². The summed E-state index contributed by atoms with van der Waals surface area (Å²) in [5.41, 5.74) is 1.29. The molecule has 2 atom stereocenters. The topological polar surface area (TPSA) is 32.7 Å². The van der Waals surface area contributed by atoms with Gasteiger partial charge in [0.2, 0.25) is 0 Å². The fourth-order valence-electron chi connectivity index (χ4n) is 2.24. The summed E-state index contributed by atoms with van der Waals surface area (Å²) in [4.78, 5) is 2.33. The van der Waals surface area contributed by atoms with E-state index in [2.05, 4.69) is 56.9 Å². The Morgan fingerprint density at radius 1 is 1.10 bits per heavy atom. The maximum Gasteiger partial charge on any atom is 0.0900 e. The van der Waals surface area contributed by atoms with Gasteiger partial charge in [-0.25, -0.2) is 0 Å². The van der Waals surface area contributed by atoms with Crippen molar-refractivity contribution >= 4 is 0 Å². The normalized spacial score (nSPS) is 14.6. The lowest BCUT2D eigenvalue weighted by Gasteiger charge is -2.30. The Morgan fingerprint density at radius 2 is 1.76 bits per heavy atom. The van der Waals surface area contributed by atoms with Gasteiger partial charge in [0.05, 0.1) is 12.7 Å². The molecule has 0 spiro atoms. The van der Waals surface area contributed by atoms with Crippen molar-refractivity contribution in [2.24, 2.45) is 5.92 Å². The van der Waals surface area contributed by atoms with E-state index < -0.39 is 6.10 Å². The zero-order chi connectivity index (χ0) is 15.7. The second-order valence-electron chi connectivity index (χ2n) is 6.26. The number of hydrogen-bond acceptors (Lipinski definition) is 3. The van der Waals surface area contributed by atoms with E-state index in [0.717, 1.165) is 13.0 Å². The highest BCUT2D eigenvalue weighted by molar-refractivity contribution is 5.14. The SMILES string of the molecule is CC[C@H](C)N(Cc1ccccc1)C[C@H](O)COCC(C)C. The van der Waals surface area contributed by atoms with Crippen LogP contribution in [0.15, 0.2) is 30.3 Å².